The largest absolute Gasteiger partial charge is 0.339 e. The van der Waals surface area contributed by atoms with Crippen LogP contribution in [-0.2, 0) is 12.2 Å². The van der Waals surface area contributed by atoms with Crippen LogP contribution in [0.1, 0.15) is 52.8 Å². The van der Waals surface area contributed by atoms with Gasteiger partial charge in [-0.05, 0) is 18.9 Å². The Bertz CT molecular complexity index is 354. The summed E-state index contributed by atoms with van der Waals surface area (Å²) in [4.78, 5) is 4.48. The molecule has 1 rings (SSSR count). The molecule has 0 aliphatic carbocycles. The Kier molecular flexibility index (Phi) is 7.46. The van der Waals surface area contributed by atoms with Gasteiger partial charge in [-0.1, -0.05) is 39.8 Å². The van der Waals surface area contributed by atoms with E-state index in [9.17, 15) is 0 Å². The number of nitrogens with one attached hydrogen (secondary N) is 1. The zero-order valence-corrected chi connectivity index (χ0v) is 13.6. The Hall–Kier alpha value is -0.550. The average molecular weight is 285 g/mol. The van der Waals surface area contributed by atoms with Crippen LogP contribution in [0.4, 0.5) is 0 Å². The van der Waals surface area contributed by atoms with E-state index in [0.29, 0.717) is 17.2 Å². The lowest BCUT2D eigenvalue weighted by Gasteiger charge is -2.19. The zero-order valence-electron chi connectivity index (χ0n) is 12.8. The van der Waals surface area contributed by atoms with Gasteiger partial charge in [-0.15, -0.1) is 0 Å². The predicted octanol–water partition coefficient (Wildman–Crippen LogP) is 3.28. The SMILES string of the molecule is CCNC(Cc1nc(CSC(C)CC)no1)C(C)C. The van der Waals surface area contributed by atoms with E-state index < -0.39 is 0 Å². The maximum atomic E-state index is 5.34. The molecule has 0 bridgehead atoms. The molecule has 0 radical (unpaired) electrons. The van der Waals surface area contributed by atoms with Crippen molar-refractivity contribution in [3.05, 3.63) is 11.7 Å². The normalized spacial score (nSPS) is 14.8. The first-order chi connectivity index (χ1) is 9.06. The smallest absolute Gasteiger partial charge is 0.228 e. The highest BCUT2D eigenvalue weighted by Crippen LogP contribution is 2.18. The van der Waals surface area contributed by atoms with Crippen LogP contribution in [0.15, 0.2) is 4.52 Å². The second-order valence-electron chi connectivity index (χ2n) is 5.25. The lowest BCUT2D eigenvalue weighted by Crippen LogP contribution is -2.35. The summed E-state index contributed by atoms with van der Waals surface area (Å²) in [5.74, 6) is 2.97. The highest BCUT2D eigenvalue weighted by atomic mass is 32.2. The highest BCUT2D eigenvalue weighted by Gasteiger charge is 2.17. The van der Waals surface area contributed by atoms with E-state index in [2.05, 4.69) is 50.1 Å². The van der Waals surface area contributed by atoms with Gasteiger partial charge < -0.3 is 9.84 Å². The third-order valence-corrected chi connectivity index (χ3v) is 4.57. The zero-order chi connectivity index (χ0) is 14.3. The molecule has 1 aromatic heterocycles. The lowest BCUT2D eigenvalue weighted by molar-refractivity contribution is 0.327. The van der Waals surface area contributed by atoms with E-state index >= 15 is 0 Å². The minimum atomic E-state index is 0.403. The van der Waals surface area contributed by atoms with E-state index in [4.69, 9.17) is 4.52 Å². The summed E-state index contributed by atoms with van der Waals surface area (Å²) in [6, 6.07) is 0.403. The molecule has 110 valence electrons. The van der Waals surface area contributed by atoms with Gasteiger partial charge in [-0.25, -0.2) is 0 Å². The van der Waals surface area contributed by atoms with Crippen molar-refractivity contribution in [2.45, 2.75) is 64.5 Å². The molecule has 2 unspecified atom stereocenters. The number of rotatable bonds is 9. The predicted molar refractivity (Wildman–Crippen MR) is 81.4 cm³/mol. The number of aromatic nitrogens is 2. The monoisotopic (exact) mass is 285 g/mol. The van der Waals surface area contributed by atoms with Crippen LogP contribution in [0.3, 0.4) is 0 Å². The first kappa shape index (κ1) is 16.5. The van der Waals surface area contributed by atoms with Crippen molar-refractivity contribution in [2.75, 3.05) is 6.54 Å². The maximum Gasteiger partial charge on any atom is 0.228 e. The molecule has 19 heavy (non-hydrogen) atoms. The first-order valence-electron chi connectivity index (χ1n) is 7.23. The maximum absolute atomic E-state index is 5.34. The highest BCUT2D eigenvalue weighted by molar-refractivity contribution is 7.99. The van der Waals surface area contributed by atoms with Crippen LogP contribution in [0.2, 0.25) is 0 Å². The summed E-state index contributed by atoms with van der Waals surface area (Å²) in [6.45, 7) is 11.9. The number of hydrogen-bond donors (Lipinski definition) is 1. The molecule has 0 amide bonds. The molecule has 1 aromatic rings. The van der Waals surface area contributed by atoms with Gasteiger partial charge in [0.05, 0.1) is 5.75 Å². The quantitative estimate of drug-likeness (QED) is 0.754. The number of nitrogens with zero attached hydrogens (tertiary/aromatic N) is 2. The fourth-order valence-electron chi connectivity index (χ4n) is 1.76. The van der Waals surface area contributed by atoms with Gasteiger partial charge in [-0.3, -0.25) is 0 Å². The first-order valence-corrected chi connectivity index (χ1v) is 8.28. The molecule has 4 nitrogen and oxygen atoms in total. The molecule has 0 fully saturated rings. The molecule has 0 aromatic carbocycles. The number of hydrogen-bond acceptors (Lipinski definition) is 5. The standard InChI is InChI=1S/C14H27N3OS/c1-6-11(5)19-9-13-16-14(18-17-13)8-12(10(3)4)15-7-2/h10-12,15H,6-9H2,1-5H3. The van der Waals surface area contributed by atoms with Crippen LogP contribution in [0, 0.1) is 5.92 Å². The van der Waals surface area contributed by atoms with Gasteiger partial charge in [0.15, 0.2) is 5.82 Å². The van der Waals surface area contributed by atoms with Crippen molar-refractivity contribution in [3.8, 4) is 0 Å². The van der Waals surface area contributed by atoms with Crippen molar-refractivity contribution in [3.63, 3.8) is 0 Å². The minimum Gasteiger partial charge on any atom is -0.339 e. The molecule has 0 aliphatic heterocycles. The van der Waals surface area contributed by atoms with Crippen LogP contribution >= 0.6 is 11.8 Å². The molecular formula is C14H27N3OS. The fraction of sp³-hybridized carbons (Fsp3) is 0.857. The van der Waals surface area contributed by atoms with Gasteiger partial charge >= 0.3 is 0 Å². The second-order valence-corrected chi connectivity index (χ2v) is 6.67. The summed E-state index contributed by atoms with van der Waals surface area (Å²) in [6.07, 6.45) is 1.98. The van der Waals surface area contributed by atoms with E-state index in [0.717, 1.165) is 30.4 Å². The van der Waals surface area contributed by atoms with E-state index in [1.807, 2.05) is 11.8 Å². The Balaban J connectivity index is 2.49. The van der Waals surface area contributed by atoms with Crippen LogP contribution in [0.25, 0.3) is 0 Å². The molecule has 0 spiro atoms. The third-order valence-electron chi connectivity index (χ3n) is 3.25. The second kappa shape index (κ2) is 8.59. The van der Waals surface area contributed by atoms with Crippen molar-refractivity contribution in [1.29, 1.82) is 0 Å². The van der Waals surface area contributed by atoms with Gasteiger partial charge in [0.2, 0.25) is 5.89 Å². The Morgan fingerprint density at radius 2 is 2.00 bits per heavy atom. The van der Waals surface area contributed by atoms with Gasteiger partial charge in [0.1, 0.15) is 0 Å². The topological polar surface area (TPSA) is 51.0 Å². The van der Waals surface area contributed by atoms with E-state index in [1.165, 1.54) is 6.42 Å². The summed E-state index contributed by atoms with van der Waals surface area (Å²) in [7, 11) is 0. The Morgan fingerprint density at radius 3 is 2.58 bits per heavy atom. The Labute approximate surface area is 121 Å². The van der Waals surface area contributed by atoms with Crippen LogP contribution in [-0.4, -0.2) is 28.0 Å². The molecule has 5 heteroatoms. The third kappa shape index (κ3) is 5.95. The fourth-order valence-corrected chi connectivity index (χ4v) is 2.55. The summed E-state index contributed by atoms with van der Waals surface area (Å²) >= 11 is 1.88. The van der Waals surface area contributed by atoms with Crippen molar-refractivity contribution < 1.29 is 4.52 Å². The molecule has 0 aliphatic rings. The van der Waals surface area contributed by atoms with Gasteiger partial charge in [0.25, 0.3) is 0 Å². The lowest BCUT2D eigenvalue weighted by atomic mass is 10.0. The van der Waals surface area contributed by atoms with Gasteiger partial charge in [0, 0.05) is 17.7 Å². The van der Waals surface area contributed by atoms with E-state index in [-0.39, 0.29) is 0 Å². The molecular weight excluding hydrogens is 258 g/mol. The number of thioether (sulfide) groups is 1. The number of likely N-dealkylation sites (N-methyl/N-ethyl adjacent to an activating group) is 1. The molecule has 2 atom stereocenters. The molecule has 1 heterocycles. The molecule has 0 saturated carbocycles. The van der Waals surface area contributed by atoms with Crippen molar-refractivity contribution in [1.82, 2.24) is 15.5 Å². The van der Waals surface area contributed by atoms with Gasteiger partial charge in [-0.2, -0.15) is 16.7 Å². The van der Waals surface area contributed by atoms with E-state index in [1.54, 1.807) is 0 Å². The summed E-state index contributed by atoms with van der Waals surface area (Å²) < 4.78 is 5.34. The van der Waals surface area contributed by atoms with Crippen LogP contribution in [0.5, 0.6) is 0 Å². The van der Waals surface area contributed by atoms with Crippen molar-refractivity contribution in [2.24, 2.45) is 5.92 Å². The molecule has 1 N–H and O–H groups in total. The van der Waals surface area contributed by atoms with Crippen molar-refractivity contribution >= 4 is 11.8 Å². The minimum absolute atomic E-state index is 0.403. The summed E-state index contributed by atoms with van der Waals surface area (Å²) in [5, 5.41) is 8.17. The average Bonchev–Trinajstić information content (AvgIpc) is 2.83. The van der Waals surface area contributed by atoms with Crippen LogP contribution < -0.4 is 5.32 Å². The summed E-state index contributed by atoms with van der Waals surface area (Å²) in [5.41, 5.74) is 0. The molecule has 0 saturated heterocycles. The Morgan fingerprint density at radius 1 is 1.26 bits per heavy atom.